The number of likely N-dealkylation sites (tertiary alicyclic amines) is 1. The molecule has 36 heavy (non-hydrogen) atoms. The minimum absolute atomic E-state index is 0.174. The number of hydrogen-bond donors (Lipinski definition) is 2. The Hall–Kier alpha value is -3.34. The number of benzene rings is 1. The molecule has 4 rings (SSSR count). The van der Waals surface area contributed by atoms with E-state index in [1.165, 1.54) is 25.8 Å². The molecule has 2 aromatic rings. The largest absolute Gasteiger partial charge is 0.496 e. The first kappa shape index (κ1) is 27.3. The van der Waals surface area contributed by atoms with E-state index < -0.39 is 12.1 Å². The standard InChI is InChI=1S/C23H30N4O2.C2HF3O2/c1-29-21-10-6-5-9-20(21)23(28)25-22-11-14-24-27(22)19-12-15-26(16-13-19)17-18-7-3-2-4-8-18;3-2(4,5)1(6)7/h2-3,5-6,9-11,14,18-19H,4,7-8,12-13,15-17H2,1H3,(H,25,28);(H,6,7). The lowest BCUT2D eigenvalue weighted by molar-refractivity contribution is -0.192. The number of amides is 1. The van der Waals surface area contributed by atoms with Gasteiger partial charge < -0.3 is 20.1 Å². The Kier molecular flexibility index (Phi) is 9.51. The molecule has 196 valence electrons. The van der Waals surface area contributed by atoms with Crippen LogP contribution in [0.3, 0.4) is 0 Å². The van der Waals surface area contributed by atoms with Crippen LogP contribution in [-0.2, 0) is 4.79 Å². The first-order valence-corrected chi connectivity index (χ1v) is 11.8. The summed E-state index contributed by atoms with van der Waals surface area (Å²) in [7, 11) is 1.58. The van der Waals surface area contributed by atoms with E-state index in [0.29, 0.717) is 17.4 Å². The summed E-state index contributed by atoms with van der Waals surface area (Å²) in [6.07, 6.45) is 7.20. The molecule has 2 aliphatic rings. The van der Waals surface area contributed by atoms with Crippen LogP contribution in [0.2, 0.25) is 0 Å². The van der Waals surface area contributed by atoms with E-state index in [2.05, 4.69) is 27.5 Å². The number of nitrogens with zero attached hydrogens (tertiary/aromatic N) is 3. The van der Waals surface area contributed by atoms with Gasteiger partial charge in [-0.25, -0.2) is 9.48 Å². The molecule has 0 radical (unpaired) electrons. The van der Waals surface area contributed by atoms with Crippen LogP contribution in [0.15, 0.2) is 48.7 Å². The fourth-order valence-corrected chi connectivity index (χ4v) is 4.45. The summed E-state index contributed by atoms with van der Waals surface area (Å²) in [5.41, 5.74) is 0.527. The van der Waals surface area contributed by atoms with E-state index in [0.717, 1.165) is 37.7 Å². The maximum atomic E-state index is 12.8. The average Bonchev–Trinajstić information content (AvgIpc) is 3.33. The Bertz CT molecular complexity index is 1050. The lowest BCUT2D eigenvalue weighted by Crippen LogP contribution is -2.38. The minimum Gasteiger partial charge on any atom is -0.496 e. The number of ether oxygens (including phenoxy) is 1. The smallest absolute Gasteiger partial charge is 0.490 e. The summed E-state index contributed by atoms with van der Waals surface area (Å²) in [6.45, 7) is 3.38. The van der Waals surface area contributed by atoms with Gasteiger partial charge in [-0.1, -0.05) is 24.3 Å². The molecule has 1 fully saturated rings. The van der Waals surface area contributed by atoms with Crippen molar-refractivity contribution in [3.05, 3.63) is 54.2 Å². The van der Waals surface area contributed by atoms with E-state index in [1.807, 2.05) is 22.9 Å². The first-order valence-electron chi connectivity index (χ1n) is 11.8. The van der Waals surface area contributed by atoms with Crippen molar-refractivity contribution in [2.75, 3.05) is 32.1 Å². The van der Waals surface area contributed by atoms with Gasteiger partial charge in [-0.15, -0.1) is 0 Å². The van der Waals surface area contributed by atoms with E-state index in [-0.39, 0.29) is 5.91 Å². The van der Waals surface area contributed by atoms with E-state index in [9.17, 15) is 18.0 Å². The van der Waals surface area contributed by atoms with Crippen molar-refractivity contribution in [3.63, 3.8) is 0 Å². The van der Waals surface area contributed by atoms with Crippen molar-refractivity contribution in [2.45, 2.75) is 44.3 Å². The number of allylic oxidation sites excluding steroid dienone is 2. The highest BCUT2D eigenvalue weighted by atomic mass is 19.4. The van der Waals surface area contributed by atoms with Gasteiger partial charge >= 0.3 is 12.1 Å². The number of carboxylic acid groups (broad SMARTS) is 1. The Morgan fingerprint density at radius 1 is 1.14 bits per heavy atom. The van der Waals surface area contributed by atoms with Crippen molar-refractivity contribution in [2.24, 2.45) is 5.92 Å². The number of aromatic nitrogens is 2. The summed E-state index contributed by atoms with van der Waals surface area (Å²) in [4.78, 5) is 24.2. The number of carbonyl (C=O) groups excluding carboxylic acids is 1. The number of carboxylic acids is 1. The number of alkyl halides is 3. The average molecular weight is 509 g/mol. The van der Waals surface area contributed by atoms with Gasteiger partial charge in [-0.05, 0) is 50.2 Å². The van der Waals surface area contributed by atoms with Gasteiger partial charge in [0.25, 0.3) is 5.91 Å². The Morgan fingerprint density at radius 3 is 2.44 bits per heavy atom. The lowest BCUT2D eigenvalue weighted by atomic mass is 9.93. The molecule has 1 unspecified atom stereocenters. The van der Waals surface area contributed by atoms with Gasteiger partial charge in [0.1, 0.15) is 11.6 Å². The van der Waals surface area contributed by atoms with Crippen LogP contribution in [-0.4, -0.2) is 64.6 Å². The second kappa shape index (κ2) is 12.6. The number of para-hydroxylation sites is 1. The Balaban J connectivity index is 0.000000454. The number of carbonyl (C=O) groups is 2. The number of anilines is 1. The Labute approximate surface area is 207 Å². The van der Waals surface area contributed by atoms with Crippen molar-refractivity contribution in [1.29, 1.82) is 0 Å². The molecule has 0 spiro atoms. The first-order chi connectivity index (χ1) is 17.2. The number of nitrogens with one attached hydrogen (secondary N) is 1. The molecule has 1 atom stereocenters. The summed E-state index contributed by atoms with van der Waals surface area (Å²) >= 11 is 0. The molecule has 0 bridgehead atoms. The third-order valence-corrected chi connectivity index (χ3v) is 6.30. The van der Waals surface area contributed by atoms with Crippen LogP contribution in [0.5, 0.6) is 5.75 Å². The normalized spacial score (nSPS) is 18.7. The summed E-state index contributed by atoms with van der Waals surface area (Å²) in [6, 6.07) is 9.45. The zero-order valence-electron chi connectivity index (χ0n) is 20.1. The lowest BCUT2D eigenvalue weighted by Gasteiger charge is -2.35. The molecule has 1 amide bonds. The number of rotatable bonds is 6. The quantitative estimate of drug-likeness (QED) is 0.546. The third-order valence-electron chi connectivity index (χ3n) is 6.30. The van der Waals surface area contributed by atoms with Crippen LogP contribution in [0, 0.1) is 5.92 Å². The molecule has 1 aliphatic carbocycles. The summed E-state index contributed by atoms with van der Waals surface area (Å²) in [5.74, 6) is -0.810. The molecule has 1 aliphatic heterocycles. The number of aliphatic carboxylic acids is 1. The zero-order chi connectivity index (χ0) is 26.1. The van der Waals surface area contributed by atoms with Crippen LogP contribution in [0.25, 0.3) is 0 Å². The van der Waals surface area contributed by atoms with Gasteiger partial charge in [-0.3, -0.25) is 4.79 Å². The maximum absolute atomic E-state index is 12.8. The molecule has 1 aromatic carbocycles. The van der Waals surface area contributed by atoms with Gasteiger partial charge in [0.05, 0.1) is 24.9 Å². The number of piperidine rings is 1. The topological polar surface area (TPSA) is 96.7 Å². The van der Waals surface area contributed by atoms with Gasteiger partial charge in [0.2, 0.25) is 0 Å². The van der Waals surface area contributed by atoms with Crippen molar-refractivity contribution in [3.8, 4) is 5.75 Å². The van der Waals surface area contributed by atoms with E-state index in [1.54, 1.807) is 25.4 Å². The summed E-state index contributed by atoms with van der Waals surface area (Å²) < 4.78 is 39.0. The SMILES string of the molecule is COc1ccccc1C(=O)Nc1ccnn1C1CCN(CC2CC=CCC2)CC1.O=C(O)C(F)(F)F. The van der Waals surface area contributed by atoms with Gasteiger partial charge in [0.15, 0.2) is 0 Å². The molecule has 1 saturated heterocycles. The molecular weight excluding hydrogens is 477 g/mol. The predicted molar refractivity (Wildman–Crippen MR) is 128 cm³/mol. The highest BCUT2D eigenvalue weighted by Gasteiger charge is 2.38. The molecule has 1 aromatic heterocycles. The zero-order valence-corrected chi connectivity index (χ0v) is 20.1. The van der Waals surface area contributed by atoms with Crippen molar-refractivity contribution in [1.82, 2.24) is 14.7 Å². The highest BCUT2D eigenvalue weighted by molar-refractivity contribution is 6.05. The van der Waals surface area contributed by atoms with Crippen LogP contribution < -0.4 is 10.1 Å². The number of methoxy groups -OCH3 is 1. The molecule has 0 saturated carbocycles. The summed E-state index contributed by atoms with van der Waals surface area (Å²) in [5, 5.41) is 14.7. The van der Waals surface area contributed by atoms with Gasteiger partial charge in [-0.2, -0.15) is 18.3 Å². The van der Waals surface area contributed by atoms with E-state index >= 15 is 0 Å². The van der Waals surface area contributed by atoms with Gasteiger partial charge in [0, 0.05) is 25.7 Å². The maximum Gasteiger partial charge on any atom is 0.490 e. The second-order valence-corrected chi connectivity index (χ2v) is 8.80. The van der Waals surface area contributed by atoms with Crippen molar-refractivity contribution >= 4 is 17.7 Å². The predicted octanol–water partition coefficient (Wildman–Crippen LogP) is 4.77. The molecule has 2 heterocycles. The highest BCUT2D eigenvalue weighted by Crippen LogP contribution is 2.28. The van der Waals surface area contributed by atoms with Crippen LogP contribution >= 0.6 is 0 Å². The van der Waals surface area contributed by atoms with Crippen LogP contribution in [0.1, 0.15) is 48.5 Å². The molecule has 11 heteroatoms. The van der Waals surface area contributed by atoms with E-state index in [4.69, 9.17) is 14.6 Å². The fourth-order valence-electron chi connectivity index (χ4n) is 4.45. The fraction of sp³-hybridized carbons (Fsp3) is 0.480. The second-order valence-electron chi connectivity index (χ2n) is 8.80. The Morgan fingerprint density at radius 2 is 1.83 bits per heavy atom. The third kappa shape index (κ3) is 7.58. The van der Waals surface area contributed by atoms with Crippen molar-refractivity contribution < 1.29 is 32.6 Å². The minimum atomic E-state index is -5.08. The number of halogens is 3. The number of hydrogen-bond acceptors (Lipinski definition) is 5. The molecule has 2 N–H and O–H groups in total. The van der Waals surface area contributed by atoms with Crippen LogP contribution in [0.4, 0.5) is 19.0 Å². The molecule has 8 nitrogen and oxygen atoms in total. The monoisotopic (exact) mass is 508 g/mol. The molecular formula is C25H31F3N4O4.